The van der Waals surface area contributed by atoms with Gasteiger partial charge in [0.25, 0.3) is 0 Å². The SMILES string of the molecule is COc1ccccc1-c1c(C(F)(F)F)oc2cc(OC(=O)c3ccc(Br)cc3)ccc2c1=O. The van der Waals surface area contributed by atoms with E-state index in [1.165, 1.54) is 49.6 Å². The Bertz CT molecular complexity index is 1410. The predicted octanol–water partition coefficient (Wildman–Crippen LogP) is 6.47. The summed E-state index contributed by atoms with van der Waals surface area (Å²) in [5.41, 5.74) is -1.73. The van der Waals surface area contributed by atoms with Crippen LogP contribution in [0.2, 0.25) is 0 Å². The van der Waals surface area contributed by atoms with Crippen molar-refractivity contribution in [3.8, 4) is 22.6 Å². The van der Waals surface area contributed by atoms with Crippen LogP contribution in [0.25, 0.3) is 22.1 Å². The summed E-state index contributed by atoms with van der Waals surface area (Å²) in [7, 11) is 1.29. The largest absolute Gasteiger partial charge is 0.496 e. The van der Waals surface area contributed by atoms with Crippen molar-refractivity contribution in [1.82, 2.24) is 0 Å². The van der Waals surface area contributed by atoms with Crippen LogP contribution >= 0.6 is 15.9 Å². The highest BCUT2D eigenvalue weighted by Gasteiger charge is 2.40. The molecule has 0 spiro atoms. The summed E-state index contributed by atoms with van der Waals surface area (Å²) < 4.78 is 57.9. The fourth-order valence-electron chi connectivity index (χ4n) is 3.28. The maximum absolute atomic E-state index is 13.9. The summed E-state index contributed by atoms with van der Waals surface area (Å²) in [5, 5.41) is -0.104. The van der Waals surface area contributed by atoms with Crippen LogP contribution in [0.15, 0.2) is 80.4 Å². The van der Waals surface area contributed by atoms with E-state index >= 15 is 0 Å². The Balaban J connectivity index is 1.84. The quantitative estimate of drug-likeness (QED) is 0.229. The topological polar surface area (TPSA) is 65.7 Å². The highest BCUT2D eigenvalue weighted by Crippen LogP contribution is 2.40. The second-order valence-corrected chi connectivity index (χ2v) is 7.80. The minimum absolute atomic E-state index is 0.0475. The Labute approximate surface area is 193 Å². The van der Waals surface area contributed by atoms with Crippen molar-refractivity contribution >= 4 is 32.9 Å². The van der Waals surface area contributed by atoms with Crippen molar-refractivity contribution in [2.75, 3.05) is 7.11 Å². The molecule has 0 radical (unpaired) electrons. The van der Waals surface area contributed by atoms with Crippen LogP contribution in [0, 0.1) is 0 Å². The first-order valence-electron chi connectivity index (χ1n) is 9.48. The molecule has 1 aromatic heterocycles. The van der Waals surface area contributed by atoms with E-state index in [9.17, 15) is 22.8 Å². The molecule has 0 aliphatic rings. The molecule has 168 valence electrons. The van der Waals surface area contributed by atoms with E-state index in [1.54, 1.807) is 18.2 Å². The van der Waals surface area contributed by atoms with Crippen LogP contribution in [0.1, 0.15) is 16.1 Å². The Hall–Kier alpha value is -3.59. The Morgan fingerprint density at radius 2 is 1.70 bits per heavy atom. The lowest BCUT2D eigenvalue weighted by Gasteiger charge is -2.15. The lowest BCUT2D eigenvalue weighted by Crippen LogP contribution is -2.16. The highest BCUT2D eigenvalue weighted by molar-refractivity contribution is 9.10. The number of fused-ring (bicyclic) bond motifs is 1. The third kappa shape index (κ3) is 4.49. The van der Waals surface area contributed by atoms with Gasteiger partial charge < -0.3 is 13.9 Å². The van der Waals surface area contributed by atoms with Crippen LogP contribution in [0.5, 0.6) is 11.5 Å². The number of para-hydroxylation sites is 1. The molecule has 33 heavy (non-hydrogen) atoms. The standard InChI is InChI=1S/C24H14BrF3O5/c1-31-18-5-3-2-4-16(18)20-21(29)17-11-10-15(12-19(17)33-22(20)24(26,27)28)32-23(30)13-6-8-14(25)9-7-13/h2-12H,1H3. The van der Waals surface area contributed by atoms with E-state index in [0.29, 0.717) is 0 Å². The van der Waals surface area contributed by atoms with Gasteiger partial charge in [0, 0.05) is 16.1 Å². The van der Waals surface area contributed by atoms with Crippen molar-refractivity contribution in [2.24, 2.45) is 0 Å². The van der Waals surface area contributed by atoms with E-state index in [-0.39, 0.29) is 33.6 Å². The summed E-state index contributed by atoms with van der Waals surface area (Å²) in [5.74, 6) is -2.17. The monoisotopic (exact) mass is 518 g/mol. The summed E-state index contributed by atoms with van der Waals surface area (Å²) in [6.07, 6.45) is -4.96. The predicted molar refractivity (Wildman–Crippen MR) is 119 cm³/mol. The molecule has 0 unspecified atom stereocenters. The molecule has 0 amide bonds. The summed E-state index contributed by atoms with van der Waals surface area (Å²) in [6, 6.07) is 15.8. The van der Waals surface area contributed by atoms with Crippen LogP contribution in [-0.4, -0.2) is 13.1 Å². The smallest absolute Gasteiger partial charge is 0.450 e. The van der Waals surface area contributed by atoms with Crippen molar-refractivity contribution in [3.63, 3.8) is 0 Å². The fraction of sp³-hybridized carbons (Fsp3) is 0.0833. The molecule has 0 aliphatic carbocycles. The molecule has 1 heterocycles. The lowest BCUT2D eigenvalue weighted by molar-refractivity contribution is -0.152. The molecule has 4 rings (SSSR count). The van der Waals surface area contributed by atoms with Gasteiger partial charge in [-0.05, 0) is 42.5 Å². The maximum atomic E-state index is 13.9. The number of carbonyl (C=O) groups excluding carboxylic acids is 1. The third-order valence-corrected chi connectivity index (χ3v) is 5.32. The zero-order valence-corrected chi connectivity index (χ0v) is 18.5. The first kappa shape index (κ1) is 22.6. The molecule has 0 bridgehead atoms. The number of carbonyl (C=O) groups is 1. The third-order valence-electron chi connectivity index (χ3n) is 4.79. The van der Waals surface area contributed by atoms with Gasteiger partial charge in [0.2, 0.25) is 11.2 Å². The second-order valence-electron chi connectivity index (χ2n) is 6.89. The average Bonchev–Trinajstić information content (AvgIpc) is 2.78. The molecule has 9 heteroatoms. The summed E-state index contributed by atoms with van der Waals surface area (Å²) in [4.78, 5) is 25.5. The molecule has 0 atom stereocenters. The zero-order valence-electron chi connectivity index (χ0n) is 16.9. The maximum Gasteiger partial charge on any atom is 0.450 e. The molecular weight excluding hydrogens is 505 g/mol. The molecule has 0 N–H and O–H groups in total. The minimum Gasteiger partial charge on any atom is -0.496 e. The highest BCUT2D eigenvalue weighted by atomic mass is 79.9. The number of rotatable bonds is 4. The van der Waals surface area contributed by atoms with Crippen LogP contribution < -0.4 is 14.9 Å². The van der Waals surface area contributed by atoms with Crippen molar-refractivity contribution in [1.29, 1.82) is 0 Å². The number of alkyl halides is 3. The Morgan fingerprint density at radius 1 is 1.00 bits per heavy atom. The van der Waals surface area contributed by atoms with Gasteiger partial charge >= 0.3 is 12.1 Å². The number of benzene rings is 3. The number of hydrogen-bond donors (Lipinski definition) is 0. The van der Waals surface area contributed by atoms with Crippen molar-refractivity contribution in [2.45, 2.75) is 6.18 Å². The molecule has 3 aromatic carbocycles. The van der Waals surface area contributed by atoms with Crippen molar-refractivity contribution < 1.29 is 31.9 Å². The van der Waals surface area contributed by atoms with E-state index in [4.69, 9.17) is 13.9 Å². The number of ether oxygens (including phenoxy) is 2. The van der Waals surface area contributed by atoms with Gasteiger partial charge in [-0.15, -0.1) is 0 Å². The van der Waals surface area contributed by atoms with Gasteiger partial charge in [-0.1, -0.05) is 34.1 Å². The summed E-state index contributed by atoms with van der Waals surface area (Å²) in [6.45, 7) is 0. The average molecular weight is 519 g/mol. The van der Waals surface area contributed by atoms with Crippen molar-refractivity contribution in [3.05, 3.63) is 92.7 Å². The van der Waals surface area contributed by atoms with Crippen LogP contribution in [-0.2, 0) is 6.18 Å². The molecule has 0 fully saturated rings. The van der Waals surface area contributed by atoms with Crippen LogP contribution in [0.4, 0.5) is 13.2 Å². The van der Waals surface area contributed by atoms with Gasteiger partial charge in [0.1, 0.15) is 17.1 Å². The zero-order chi connectivity index (χ0) is 23.8. The molecule has 5 nitrogen and oxygen atoms in total. The first-order chi connectivity index (χ1) is 15.7. The van der Waals surface area contributed by atoms with E-state index in [0.717, 1.165) is 10.5 Å². The number of methoxy groups -OCH3 is 1. The fourth-order valence-corrected chi connectivity index (χ4v) is 3.55. The van der Waals surface area contributed by atoms with Gasteiger partial charge in [0.05, 0.1) is 23.6 Å². The van der Waals surface area contributed by atoms with Gasteiger partial charge in [-0.25, -0.2) is 4.79 Å². The molecule has 0 saturated carbocycles. The Morgan fingerprint density at radius 3 is 2.36 bits per heavy atom. The minimum atomic E-state index is -4.96. The molecule has 0 aliphatic heterocycles. The lowest BCUT2D eigenvalue weighted by atomic mass is 10.0. The summed E-state index contributed by atoms with van der Waals surface area (Å²) >= 11 is 3.26. The van der Waals surface area contributed by atoms with Gasteiger partial charge in [-0.3, -0.25) is 4.79 Å². The van der Waals surface area contributed by atoms with E-state index in [1.807, 2.05) is 0 Å². The number of esters is 1. The Kier molecular flexibility index (Phi) is 5.99. The molecule has 0 saturated heterocycles. The van der Waals surface area contributed by atoms with Gasteiger partial charge in [-0.2, -0.15) is 13.2 Å². The van der Waals surface area contributed by atoms with E-state index in [2.05, 4.69) is 15.9 Å². The second kappa shape index (κ2) is 8.74. The number of hydrogen-bond acceptors (Lipinski definition) is 5. The van der Waals surface area contributed by atoms with E-state index < -0.39 is 28.9 Å². The normalized spacial score (nSPS) is 11.4. The molecular formula is C24H14BrF3O5. The van der Waals surface area contributed by atoms with Gasteiger partial charge in [0.15, 0.2) is 0 Å². The van der Waals surface area contributed by atoms with Crippen LogP contribution in [0.3, 0.4) is 0 Å². The molecule has 4 aromatic rings. The number of halogens is 4. The first-order valence-corrected chi connectivity index (χ1v) is 10.3.